The summed E-state index contributed by atoms with van der Waals surface area (Å²) in [7, 11) is -0.527. The molecule has 5 heteroatoms. The Balaban J connectivity index is 0.000000496. The molecule has 1 aromatic rings. The minimum Gasteiger partial charge on any atom is -0.542 e. The Labute approximate surface area is 154 Å². The third-order valence-corrected chi connectivity index (χ3v) is 9.78. The normalized spacial score (nSPS) is 11.1. The molecule has 0 fully saturated rings. The fraction of sp³-hybridized carbons (Fsp3) is 0.750. The largest absolute Gasteiger partial charge is 0.542 e. The van der Waals surface area contributed by atoms with Gasteiger partial charge in [0.25, 0.3) is 0 Å². The van der Waals surface area contributed by atoms with Crippen molar-refractivity contribution in [3.05, 3.63) is 23.7 Å². The number of furan rings is 1. The summed E-state index contributed by atoms with van der Waals surface area (Å²) in [5.41, 5.74) is 0. The van der Waals surface area contributed by atoms with E-state index in [9.17, 15) is 9.90 Å². The molecule has 0 aliphatic carbocycles. The van der Waals surface area contributed by atoms with Gasteiger partial charge in [-0.25, -0.2) is 0 Å². The molecule has 4 nitrogen and oxygen atoms in total. The van der Waals surface area contributed by atoms with Crippen LogP contribution in [0.15, 0.2) is 16.5 Å². The fourth-order valence-electron chi connectivity index (χ4n) is 2.86. The Bertz CT molecular complexity index is 435. The van der Waals surface area contributed by atoms with Crippen LogP contribution in [0.5, 0.6) is 0 Å². The Kier molecular flexibility index (Phi) is 13.8. The molecule has 25 heavy (non-hydrogen) atoms. The lowest BCUT2D eigenvalue weighted by atomic mass is 10.4. The highest BCUT2D eigenvalue weighted by Gasteiger charge is 2.32. The van der Waals surface area contributed by atoms with Crippen molar-refractivity contribution in [1.82, 2.24) is 0 Å². The van der Waals surface area contributed by atoms with Gasteiger partial charge in [-0.1, -0.05) is 40.0 Å². The molecule has 0 bridgehead atoms. The Hall–Kier alpha value is -0.860. The van der Waals surface area contributed by atoms with Gasteiger partial charge in [-0.15, -0.1) is 0 Å². The molecular weight excluding hydrogens is 335 g/mol. The summed E-state index contributed by atoms with van der Waals surface area (Å²) in [6, 6.07) is 2.62. The summed E-state index contributed by atoms with van der Waals surface area (Å²) in [6.07, 6.45) is 14.9. The number of carbonyl (C=O) groups excluding carboxylic acids is 1. The Morgan fingerprint density at radius 1 is 1.00 bits per heavy atom. The molecule has 0 amide bonds. The van der Waals surface area contributed by atoms with Gasteiger partial charge in [-0.05, 0) is 38.3 Å². The third-order valence-electron chi connectivity index (χ3n) is 4.65. The van der Waals surface area contributed by atoms with Crippen molar-refractivity contribution in [2.45, 2.75) is 72.8 Å². The molecule has 0 saturated carbocycles. The van der Waals surface area contributed by atoms with Crippen LogP contribution in [0.3, 0.4) is 0 Å². The van der Waals surface area contributed by atoms with E-state index in [0.717, 1.165) is 0 Å². The molecule has 0 saturated heterocycles. The zero-order valence-corrected chi connectivity index (χ0v) is 17.4. The van der Waals surface area contributed by atoms with E-state index in [1.807, 2.05) is 0 Å². The van der Waals surface area contributed by atoms with Gasteiger partial charge >= 0.3 is 0 Å². The van der Waals surface area contributed by atoms with Crippen molar-refractivity contribution in [2.75, 3.05) is 24.6 Å². The molecule has 0 aliphatic rings. The van der Waals surface area contributed by atoms with E-state index in [0.29, 0.717) is 0 Å². The standard InChI is InChI=1S/C14H32P.C6H6O4/c1-5-9-12-15(8-4,13-10-6-2)14-11-7-3;7-3-4-1-2-5(10-4)6(8)9/h5-14H2,1-4H3;1-2,7H,3H2,(H,8,9)/q+1;/p-1. The zero-order chi connectivity index (χ0) is 19.1. The lowest BCUT2D eigenvalue weighted by Gasteiger charge is -2.26. The smallest absolute Gasteiger partial charge is 0.149 e. The van der Waals surface area contributed by atoms with Crippen LogP contribution in [0.25, 0.3) is 0 Å². The molecule has 1 N–H and O–H groups in total. The van der Waals surface area contributed by atoms with Crippen LogP contribution < -0.4 is 5.11 Å². The molecule has 0 radical (unpaired) electrons. The molecule has 146 valence electrons. The average molecular weight is 372 g/mol. The second-order valence-corrected chi connectivity index (χ2v) is 11.3. The van der Waals surface area contributed by atoms with Crippen molar-refractivity contribution < 1.29 is 19.4 Å². The van der Waals surface area contributed by atoms with Crippen LogP contribution >= 0.6 is 7.26 Å². The first-order valence-electron chi connectivity index (χ1n) is 9.74. The molecule has 0 aromatic carbocycles. The summed E-state index contributed by atoms with van der Waals surface area (Å²) in [4.78, 5) is 10.0. The first-order valence-corrected chi connectivity index (χ1v) is 12.3. The molecule has 1 rings (SSSR count). The van der Waals surface area contributed by atoms with E-state index in [2.05, 4.69) is 32.1 Å². The summed E-state index contributed by atoms with van der Waals surface area (Å²) in [6.45, 7) is 9.17. The topological polar surface area (TPSA) is 73.5 Å². The van der Waals surface area contributed by atoms with E-state index in [4.69, 9.17) is 5.11 Å². The second-order valence-electron chi connectivity index (χ2n) is 6.60. The van der Waals surface area contributed by atoms with Crippen LogP contribution in [0, 0.1) is 0 Å². The number of aliphatic hydroxyl groups is 1. The van der Waals surface area contributed by atoms with E-state index in [1.165, 1.54) is 56.8 Å². The van der Waals surface area contributed by atoms with E-state index < -0.39 is 13.2 Å². The molecule has 0 atom stereocenters. The lowest BCUT2D eigenvalue weighted by Crippen LogP contribution is -2.21. The van der Waals surface area contributed by atoms with Gasteiger partial charge in [-0.2, -0.15) is 0 Å². The molecule has 0 spiro atoms. The van der Waals surface area contributed by atoms with Crippen LogP contribution in [0.1, 0.15) is 82.5 Å². The first kappa shape index (κ1) is 24.1. The number of carbonyl (C=O) groups is 1. The molecular formula is C20H37O4P. The van der Waals surface area contributed by atoms with Gasteiger partial charge in [0.1, 0.15) is 24.1 Å². The van der Waals surface area contributed by atoms with Crippen LogP contribution in [-0.4, -0.2) is 35.7 Å². The van der Waals surface area contributed by atoms with Crippen molar-refractivity contribution in [3.8, 4) is 0 Å². The minimum absolute atomic E-state index is 0.221. The number of carboxylic acids is 1. The van der Waals surface area contributed by atoms with Crippen LogP contribution in [0.2, 0.25) is 0 Å². The van der Waals surface area contributed by atoms with Crippen LogP contribution in [-0.2, 0) is 6.61 Å². The number of hydrogen-bond donors (Lipinski definition) is 1. The van der Waals surface area contributed by atoms with Crippen molar-refractivity contribution >= 4 is 13.2 Å². The summed E-state index contributed by atoms with van der Waals surface area (Å²) >= 11 is 0. The lowest BCUT2D eigenvalue weighted by molar-refractivity contribution is -0.257. The van der Waals surface area contributed by atoms with Gasteiger partial charge in [0.2, 0.25) is 0 Å². The monoisotopic (exact) mass is 372 g/mol. The highest BCUT2D eigenvalue weighted by atomic mass is 31.2. The fourth-order valence-corrected chi connectivity index (χ4v) is 7.44. The summed E-state index contributed by atoms with van der Waals surface area (Å²) in [5, 5.41) is 18.5. The number of hydrogen-bond acceptors (Lipinski definition) is 4. The Morgan fingerprint density at radius 3 is 1.72 bits per heavy atom. The quantitative estimate of drug-likeness (QED) is 0.546. The number of aromatic carboxylic acids is 1. The van der Waals surface area contributed by atoms with E-state index in [-0.39, 0.29) is 18.1 Å². The predicted molar refractivity (Wildman–Crippen MR) is 106 cm³/mol. The maximum atomic E-state index is 10.0. The van der Waals surface area contributed by atoms with Gasteiger partial charge in [0.15, 0.2) is 0 Å². The summed E-state index contributed by atoms with van der Waals surface area (Å²) in [5.74, 6) is -1.41. The van der Waals surface area contributed by atoms with Crippen molar-refractivity contribution in [3.63, 3.8) is 0 Å². The third kappa shape index (κ3) is 10.0. The van der Waals surface area contributed by atoms with Crippen LogP contribution in [0.4, 0.5) is 0 Å². The van der Waals surface area contributed by atoms with Crippen molar-refractivity contribution in [1.29, 1.82) is 0 Å². The molecule has 1 aromatic heterocycles. The maximum Gasteiger partial charge on any atom is 0.149 e. The highest BCUT2D eigenvalue weighted by Crippen LogP contribution is 2.60. The number of unbranched alkanes of at least 4 members (excludes halogenated alkanes) is 3. The highest BCUT2D eigenvalue weighted by molar-refractivity contribution is 7.75. The second kappa shape index (κ2) is 14.3. The number of aliphatic hydroxyl groups excluding tert-OH is 1. The number of rotatable bonds is 12. The summed E-state index contributed by atoms with van der Waals surface area (Å²) < 4.78 is 4.58. The van der Waals surface area contributed by atoms with Gasteiger partial charge in [-0.3, -0.25) is 0 Å². The SMILES string of the molecule is CCCC[P+](CC)(CCCC)CCCC.O=C([O-])c1ccc(CO)o1. The Morgan fingerprint density at radius 2 is 1.48 bits per heavy atom. The molecule has 0 unspecified atom stereocenters. The minimum atomic E-state index is -1.38. The van der Waals surface area contributed by atoms with Gasteiger partial charge < -0.3 is 19.4 Å². The van der Waals surface area contributed by atoms with Gasteiger partial charge in [0.05, 0.1) is 24.6 Å². The van der Waals surface area contributed by atoms with Gasteiger partial charge in [0, 0.05) is 7.26 Å². The predicted octanol–water partition coefficient (Wildman–Crippen LogP) is 4.56. The molecule has 1 heterocycles. The maximum absolute atomic E-state index is 10.0. The first-order chi connectivity index (χ1) is 12.0. The zero-order valence-electron chi connectivity index (χ0n) is 16.6. The van der Waals surface area contributed by atoms with E-state index >= 15 is 0 Å². The number of carboxylic acid groups (broad SMARTS) is 1. The molecule has 0 aliphatic heterocycles. The van der Waals surface area contributed by atoms with Crippen molar-refractivity contribution in [2.24, 2.45) is 0 Å². The van der Waals surface area contributed by atoms with E-state index in [1.54, 1.807) is 18.5 Å². The average Bonchev–Trinajstić information content (AvgIpc) is 3.12.